The van der Waals surface area contributed by atoms with Crippen molar-refractivity contribution >= 4 is 27.3 Å². The van der Waals surface area contributed by atoms with Crippen LogP contribution < -0.4 is 10.1 Å². The highest BCUT2D eigenvalue weighted by Gasteiger charge is 2.15. The van der Waals surface area contributed by atoms with Gasteiger partial charge >= 0.3 is 0 Å². The standard InChI is InChI=1S/C18H14FN5O2S/c1-11-3-2-4-12(9-11)16-21-22-18-24(16)23-17(27-18)20-15(25)10-26-14-7-5-13(19)6-8-14/h2-9H,10H2,1H3,(H,20,23,25). The van der Waals surface area contributed by atoms with E-state index in [-0.39, 0.29) is 18.3 Å². The first kappa shape index (κ1) is 17.1. The van der Waals surface area contributed by atoms with Crippen LogP contribution in [0.3, 0.4) is 0 Å². The summed E-state index contributed by atoms with van der Waals surface area (Å²) in [5.74, 6) is 0.275. The summed E-state index contributed by atoms with van der Waals surface area (Å²) in [6, 6.07) is 13.3. The van der Waals surface area contributed by atoms with Crippen molar-refractivity contribution in [1.82, 2.24) is 19.8 Å². The summed E-state index contributed by atoms with van der Waals surface area (Å²) < 4.78 is 19.8. The Kier molecular flexibility index (Phi) is 4.51. The van der Waals surface area contributed by atoms with Crippen molar-refractivity contribution in [2.45, 2.75) is 6.92 Å². The van der Waals surface area contributed by atoms with E-state index in [2.05, 4.69) is 20.6 Å². The van der Waals surface area contributed by atoms with Crippen LogP contribution in [0.15, 0.2) is 48.5 Å². The molecule has 7 nitrogen and oxygen atoms in total. The lowest BCUT2D eigenvalue weighted by molar-refractivity contribution is -0.118. The highest BCUT2D eigenvalue weighted by Crippen LogP contribution is 2.24. The second kappa shape index (κ2) is 7.12. The van der Waals surface area contributed by atoms with E-state index >= 15 is 0 Å². The fourth-order valence-corrected chi connectivity index (χ4v) is 3.22. The van der Waals surface area contributed by atoms with Crippen molar-refractivity contribution in [2.24, 2.45) is 0 Å². The second-order valence-corrected chi connectivity index (χ2v) is 6.74. The number of hydrogen-bond acceptors (Lipinski definition) is 6. The van der Waals surface area contributed by atoms with E-state index in [1.165, 1.54) is 35.6 Å². The summed E-state index contributed by atoms with van der Waals surface area (Å²) in [5, 5.41) is 15.7. The molecule has 27 heavy (non-hydrogen) atoms. The van der Waals surface area contributed by atoms with Crippen molar-refractivity contribution in [3.63, 3.8) is 0 Å². The van der Waals surface area contributed by atoms with E-state index in [0.717, 1.165) is 11.1 Å². The average Bonchev–Trinajstić information content (AvgIpc) is 3.21. The lowest BCUT2D eigenvalue weighted by atomic mass is 10.1. The number of benzene rings is 2. The SMILES string of the molecule is Cc1cccc(-c2nnc3sc(NC(=O)COc4ccc(F)cc4)nn23)c1. The van der Waals surface area contributed by atoms with E-state index in [9.17, 15) is 9.18 Å². The predicted molar refractivity (Wildman–Crippen MR) is 99.4 cm³/mol. The maximum Gasteiger partial charge on any atom is 0.264 e. The molecule has 0 radical (unpaired) electrons. The van der Waals surface area contributed by atoms with E-state index in [1.807, 2.05) is 31.2 Å². The lowest BCUT2D eigenvalue weighted by Gasteiger charge is -2.05. The molecule has 0 fully saturated rings. The van der Waals surface area contributed by atoms with Gasteiger partial charge in [-0.25, -0.2) is 4.39 Å². The predicted octanol–water partition coefficient (Wildman–Crippen LogP) is 3.32. The third-order valence-electron chi connectivity index (χ3n) is 3.70. The molecule has 0 aliphatic heterocycles. The van der Waals surface area contributed by atoms with Crippen LogP contribution in [0.1, 0.15) is 5.56 Å². The molecule has 4 rings (SSSR count). The zero-order chi connectivity index (χ0) is 18.8. The van der Waals surface area contributed by atoms with Crippen LogP contribution in [0.25, 0.3) is 16.3 Å². The van der Waals surface area contributed by atoms with Gasteiger partial charge in [0.2, 0.25) is 10.1 Å². The smallest absolute Gasteiger partial charge is 0.264 e. The number of nitrogens with one attached hydrogen (secondary N) is 1. The normalized spacial score (nSPS) is 10.9. The number of aromatic nitrogens is 4. The van der Waals surface area contributed by atoms with Crippen molar-refractivity contribution in [1.29, 1.82) is 0 Å². The van der Waals surface area contributed by atoms with E-state index in [4.69, 9.17) is 4.74 Å². The fourth-order valence-electron chi connectivity index (χ4n) is 2.47. The molecule has 0 saturated carbocycles. The molecule has 0 atom stereocenters. The first-order valence-corrected chi connectivity index (χ1v) is 8.87. The van der Waals surface area contributed by atoms with Gasteiger partial charge in [0.15, 0.2) is 12.4 Å². The summed E-state index contributed by atoms with van der Waals surface area (Å²) >= 11 is 1.21. The van der Waals surface area contributed by atoms with E-state index < -0.39 is 0 Å². The Balaban J connectivity index is 1.46. The molecular formula is C18H14FN5O2S. The number of amides is 1. The van der Waals surface area contributed by atoms with Gasteiger partial charge in [-0.2, -0.15) is 4.52 Å². The molecule has 2 aromatic carbocycles. The number of ether oxygens (including phenoxy) is 1. The highest BCUT2D eigenvalue weighted by molar-refractivity contribution is 7.20. The second-order valence-electron chi connectivity index (χ2n) is 5.79. The molecule has 0 aliphatic carbocycles. The summed E-state index contributed by atoms with van der Waals surface area (Å²) in [6.45, 7) is 1.78. The van der Waals surface area contributed by atoms with Crippen LogP contribution in [0, 0.1) is 12.7 Å². The highest BCUT2D eigenvalue weighted by atomic mass is 32.1. The quantitative estimate of drug-likeness (QED) is 0.572. The van der Waals surface area contributed by atoms with Gasteiger partial charge in [0.1, 0.15) is 11.6 Å². The first-order valence-electron chi connectivity index (χ1n) is 8.06. The lowest BCUT2D eigenvalue weighted by Crippen LogP contribution is -2.20. The molecule has 0 spiro atoms. The maximum absolute atomic E-state index is 12.9. The van der Waals surface area contributed by atoms with Crippen LogP contribution >= 0.6 is 11.3 Å². The van der Waals surface area contributed by atoms with Crippen LogP contribution in [0.2, 0.25) is 0 Å². The first-order chi connectivity index (χ1) is 13.1. The van der Waals surface area contributed by atoms with Gasteiger partial charge < -0.3 is 4.74 Å². The van der Waals surface area contributed by atoms with Crippen molar-refractivity contribution in [3.05, 3.63) is 59.9 Å². The van der Waals surface area contributed by atoms with Gasteiger partial charge in [0, 0.05) is 5.56 Å². The van der Waals surface area contributed by atoms with Crippen molar-refractivity contribution < 1.29 is 13.9 Å². The minimum absolute atomic E-state index is 0.212. The van der Waals surface area contributed by atoms with Crippen molar-refractivity contribution in [2.75, 3.05) is 11.9 Å². The van der Waals surface area contributed by atoms with Gasteiger partial charge in [-0.3, -0.25) is 10.1 Å². The Morgan fingerprint density at radius 1 is 1.22 bits per heavy atom. The van der Waals surface area contributed by atoms with Crippen LogP contribution in [0.4, 0.5) is 9.52 Å². The summed E-state index contributed by atoms with van der Waals surface area (Å²) in [7, 11) is 0. The van der Waals surface area contributed by atoms with Gasteiger partial charge in [-0.05, 0) is 37.3 Å². The van der Waals surface area contributed by atoms with Gasteiger partial charge in [0.25, 0.3) is 5.91 Å². The van der Waals surface area contributed by atoms with Crippen molar-refractivity contribution in [3.8, 4) is 17.1 Å². The number of fused-ring (bicyclic) bond motifs is 1. The molecule has 1 amide bonds. The fraction of sp³-hybridized carbons (Fsp3) is 0.111. The third kappa shape index (κ3) is 3.77. The number of aryl methyl sites for hydroxylation is 1. The summed E-state index contributed by atoms with van der Waals surface area (Å²) in [6.07, 6.45) is 0. The Labute approximate surface area is 157 Å². The zero-order valence-corrected chi connectivity index (χ0v) is 15.0. The van der Waals surface area contributed by atoms with Crippen LogP contribution in [-0.2, 0) is 4.79 Å². The largest absolute Gasteiger partial charge is 0.484 e. The van der Waals surface area contributed by atoms with Crippen LogP contribution in [-0.4, -0.2) is 32.3 Å². The third-order valence-corrected chi connectivity index (χ3v) is 4.51. The Morgan fingerprint density at radius 3 is 2.81 bits per heavy atom. The number of halogens is 1. The number of rotatable bonds is 5. The molecule has 2 aromatic heterocycles. The number of carbonyl (C=O) groups excluding carboxylic acids is 1. The minimum Gasteiger partial charge on any atom is -0.484 e. The molecule has 0 unspecified atom stereocenters. The molecule has 2 heterocycles. The van der Waals surface area contributed by atoms with E-state index in [1.54, 1.807) is 4.52 Å². The zero-order valence-electron chi connectivity index (χ0n) is 14.2. The molecule has 0 aliphatic rings. The van der Waals surface area contributed by atoms with Gasteiger partial charge in [-0.1, -0.05) is 35.1 Å². The molecule has 9 heteroatoms. The van der Waals surface area contributed by atoms with Gasteiger partial charge in [0.05, 0.1) is 0 Å². The maximum atomic E-state index is 12.9. The molecular weight excluding hydrogens is 369 g/mol. The topological polar surface area (TPSA) is 81.4 Å². The number of carbonyl (C=O) groups is 1. The molecule has 0 saturated heterocycles. The summed E-state index contributed by atoms with van der Waals surface area (Å²) in [5.41, 5.74) is 2.00. The number of anilines is 1. The van der Waals surface area contributed by atoms with Gasteiger partial charge in [-0.15, -0.1) is 15.3 Å². The number of hydrogen-bond donors (Lipinski definition) is 1. The van der Waals surface area contributed by atoms with Crippen LogP contribution in [0.5, 0.6) is 5.75 Å². The molecule has 1 N–H and O–H groups in total. The summed E-state index contributed by atoms with van der Waals surface area (Å²) in [4.78, 5) is 12.6. The van der Waals surface area contributed by atoms with E-state index in [0.29, 0.717) is 21.7 Å². The minimum atomic E-state index is -0.374. The Morgan fingerprint density at radius 2 is 2.04 bits per heavy atom. The number of nitrogens with zero attached hydrogens (tertiary/aromatic N) is 4. The molecule has 4 aromatic rings. The Hall–Kier alpha value is -3.33. The average molecular weight is 383 g/mol. The molecule has 136 valence electrons. The molecule has 0 bridgehead atoms. The monoisotopic (exact) mass is 383 g/mol. The Bertz CT molecular complexity index is 1110.